The summed E-state index contributed by atoms with van der Waals surface area (Å²) in [6.45, 7) is 0.905. The van der Waals surface area contributed by atoms with Crippen molar-refractivity contribution in [3.8, 4) is 0 Å². The van der Waals surface area contributed by atoms with Crippen molar-refractivity contribution in [2.75, 3.05) is 11.9 Å². The predicted octanol–water partition coefficient (Wildman–Crippen LogP) is 2.56. The SMILES string of the molecule is NC1CCCCC1CNc1ncnc2ccccc12. The number of nitrogens with zero attached hydrogens (tertiary/aromatic N) is 2. The summed E-state index contributed by atoms with van der Waals surface area (Å²) in [7, 11) is 0. The first kappa shape index (κ1) is 12.4. The molecule has 2 aromatic rings. The molecule has 4 nitrogen and oxygen atoms in total. The molecule has 1 fully saturated rings. The topological polar surface area (TPSA) is 63.8 Å². The minimum absolute atomic E-state index is 0.328. The number of fused-ring (bicyclic) bond motifs is 1. The van der Waals surface area contributed by atoms with Gasteiger partial charge in [0.05, 0.1) is 5.52 Å². The zero-order valence-corrected chi connectivity index (χ0v) is 11.0. The molecule has 1 aromatic carbocycles. The molecule has 1 aromatic heterocycles. The molecule has 3 N–H and O–H groups in total. The molecule has 0 spiro atoms. The van der Waals surface area contributed by atoms with Crippen LogP contribution in [0.2, 0.25) is 0 Å². The summed E-state index contributed by atoms with van der Waals surface area (Å²) in [6.07, 6.45) is 6.55. The van der Waals surface area contributed by atoms with E-state index in [1.165, 1.54) is 19.3 Å². The third-order valence-electron chi connectivity index (χ3n) is 4.04. The molecule has 0 aliphatic heterocycles. The molecule has 0 amide bonds. The maximum Gasteiger partial charge on any atom is 0.137 e. The van der Waals surface area contributed by atoms with Crippen molar-refractivity contribution < 1.29 is 0 Å². The number of nitrogens with two attached hydrogens (primary N) is 1. The van der Waals surface area contributed by atoms with Crippen molar-refractivity contribution in [1.29, 1.82) is 0 Å². The molecule has 4 heteroatoms. The summed E-state index contributed by atoms with van der Waals surface area (Å²) in [5, 5.41) is 4.53. The van der Waals surface area contributed by atoms with Crippen molar-refractivity contribution in [2.45, 2.75) is 31.7 Å². The van der Waals surface area contributed by atoms with E-state index >= 15 is 0 Å². The lowest BCUT2D eigenvalue weighted by Gasteiger charge is -2.28. The Balaban J connectivity index is 1.74. The highest BCUT2D eigenvalue weighted by atomic mass is 15.0. The van der Waals surface area contributed by atoms with E-state index in [9.17, 15) is 0 Å². The zero-order chi connectivity index (χ0) is 13.1. The van der Waals surface area contributed by atoms with Crippen LogP contribution < -0.4 is 11.1 Å². The number of anilines is 1. The van der Waals surface area contributed by atoms with Crippen LogP contribution in [0.1, 0.15) is 25.7 Å². The Morgan fingerprint density at radius 1 is 1.16 bits per heavy atom. The smallest absolute Gasteiger partial charge is 0.137 e. The molecule has 19 heavy (non-hydrogen) atoms. The maximum atomic E-state index is 6.18. The second-order valence-electron chi connectivity index (χ2n) is 5.33. The van der Waals surface area contributed by atoms with Crippen LogP contribution in [0.25, 0.3) is 10.9 Å². The van der Waals surface area contributed by atoms with E-state index in [0.29, 0.717) is 12.0 Å². The van der Waals surface area contributed by atoms with Crippen LogP contribution in [0.15, 0.2) is 30.6 Å². The lowest BCUT2D eigenvalue weighted by atomic mass is 9.85. The van der Waals surface area contributed by atoms with Crippen LogP contribution in [-0.2, 0) is 0 Å². The Bertz CT molecular complexity index is 549. The van der Waals surface area contributed by atoms with Gasteiger partial charge in [-0.2, -0.15) is 0 Å². The molecule has 0 saturated heterocycles. The zero-order valence-electron chi connectivity index (χ0n) is 11.0. The van der Waals surface area contributed by atoms with Gasteiger partial charge in [-0.25, -0.2) is 9.97 Å². The van der Waals surface area contributed by atoms with Gasteiger partial charge in [0.1, 0.15) is 12.1 Å². The summed E-state index contributed by atoms with van der Waals surface area (Å²) in [4.78, 5) is 8.63. The van der Waals surface area contributed by atoms with E-state index in [1.54, 1.807) is 6.33 Å². The van der Waals surface area contributed by atoms with E-state index in [1.807, 2.05) is 18.2 Å². The van der Waals surface area contributed by atoms with Gasteiger partial charge in [-0.3, -0.25) is 0 Å². The van der Waals surface area contributed by atoms with Crippen LogP contribution in [0, 0.1) is 5.92 Å². The second-order valence-corrected chi connectivity index (χ2v) is 5.33. The first-order valence-corrected chi connectivity index (χ1v) is 7.04. The van der Waals surface area contributed by atoms with E-state index in [4.69, 9.17) is 5.73 Å². The molecular formula is C15H20N4. The quantitative estimate of drug-likeness (QED) is 0.886. The van der Waals surface area contributed by atoms with Crippen LogP contribution >= 0.6 is 0 Å². The fraction of sp³-hybridized carbons (Fsp3) is 0.467. The summed E-state index contributed by atoms with van der Waals surface area (Å²) >= 11 is 0. The first-order chi connectivity index (χ1) is 9.34. The van der Waals surface area contributed by atoms with Gasteiger partial charge >= 0.3 is 0 Å². The molecule has 0 radical (unpaired) electrons. The number of nitrogens with one attached hydrogen (secondary N) is 1. The van der Waals surface area contributed by atoms with E-state index in [-0.39, 0.29) is 0 Å². The van der Waals surface area contributed by atoms with Crippen LogP contribution in [-0.4, -0.2) is 22.6 Å². The number of rotatable bonds is 3. The number of benzene rings is 1. The van der Waals surface area contributed by atoms with Gasteiger partial charge in [0.25, 0.3) is 0 Å². The summed E-state index contributed by atoms with van der Waals surface area (Å²) < 4.78 is 0. The standard InChI is InChI=1S/C15H20N4/c16-13-7-3-1-5-11(13)9-17-15-12-6-2-4-8-14(12)18-10-19-15/h2,4,6,8,10-11,13H,1,3,5,7,9,16H2,(H,17,18,19). The van der Waals surface area contributed by atoms with Crippen LogP contribution in [0.3, 0.4) is 0 Å². The van der Waals surface area contributed by atoms with Crippen molar-refractivity contribution in [3.05, 3.63) is 30.6 Å². The van der Waals surface area contributed by atoms with E-state index in [2.05, 4.69) is 21.4 Å². The van der Waals surface area contributed by atoms with Crippen molar-refractivity contribution >= 4 is 16.7 Å². The Kier molecular flexibility index (Phi) is 3.60. The summed E-state index contributed by atoms with van der Waals surface area (Å²) in [5.74, 6) is 1.48. The Labute approximate surface area is 113 Å². The fourth-order valence-corrected chi connectivity index (χ4v) is 2.86. The third-order valence-corrected chi connectivity index (χ3v) is 4.04. The van der Waals surface area contributed by atoms with Gasteiger partial charge in [0, 0.05) is 18.0 Å². The van der Waals surface area contributed by atoms with Crippen molar-refractivity contribution in [3.63, 3.8) is 0 Å². The molecule has 2 unspecified atom stereocenters. The highest BCUT2D eigenvalue weighted by molar-refractivity contribution is 5.88. The van der Waals surface area contributed by atoms with Crippen molar-refractivity contribution in [2.24, 2.45) is 11.7 Å². The lowest BCUT2D eigenvalue weighted by Crippen LogP contribution is -2.37. The first-order valence-electron chi connectivity index (χ1n) is 7.04. The number of aromatic nitrogens is 2. The monoisotopic (exact) mass is 256 g/mol. The molecule has 1 saturated carbocycles. The van der Waals surface area contributed by atoms with Gasteiger partial charge in [0.2, 0.25) is 0 Å². The van der Waals surface area contributed by atoms with E-state index in [0.717, 1.165) is 29.7 Å². The predicted molar refractivity (Wildman–Crippen MR) is 78.0 cm³/mol. The van der Waals surface area contributed by atoms with Crippen LogP contribution in [0.5, 0.6) is 0 Å². The minimum atomic E-state index is 0.328. The maximum absolute atomic E-state index is 6.18. The third kappa shape index (κ3) is 2.68. The van der Waals surface area contributed by atoms with Crippen LogP contribution in [0.4, 0.5) is 5.82 Å². The molecule has 0 bridgehead atoms. The molecule has 100 valence electrons. The van der Waals surface area contributed by atoms with Gasteiger partial charge in [-0.15, -0.1) is 0 Å². The molecule has 1 aliphatic rings. The van der Waals surface area contributed by atoms with E-state index < -0.39 is 0 Å². The van der Waals surface area contributed by atoms with Gasteiger partial charge in [0.15, 0.2) is 0 Å². The number of hydrogen-bond acceptors (Lipinski definition) is 4. The van der Waals surface area contributed by atoms with Crippen molar-refractivity contribution in [1.82, 2.24) is 9.97 Å². The highest BCUT2D eigenvalue weighted by Crippen LogP contribution is 2.24. The van der Waals surface area contributed by atoms with Gasteiger partial charge in [-0.1, -0.05) is 25.0 Å². The Hall–Kier alpha value is -1.68. The van der Waals surface area contributed by atoms with Gasteiger partial charge in [-0.05, 0) is 30.9 Å². The molecular weight excluding hydrogens is 236 g/mol. The number of hydrogen-bond donors (Lipinski definition) is 2. The molecule has 1 heterocycles. The number of para-hydroxylation sites is 1. The molecule has 1 aliphatic carbocycles. The fourth-order valence-electron chi connectivity index (χ4n) is 2.86. The van der Waals surface area contributed by atoms with Gasteiger partial charge < -0.3 is 11.1 Å². The average molecular weight is 256 g/mol. The average Bonchev–Trinajstić information content (AvgIpc) is 2.46. The Morgan fingerprint density at radius 2 is 2.00 bits per heavy atom. The lowest BCUT2D eigenvalue weighted by molar-refractivity contribution is 0.321. The summed E-state index contributed by atoms with van der Waals surface area (Å²) in [6, 6.07) is 8.40. The summed E-state index contributed by atoms with van der Waals surface area (Å²) in [5.41, 5.74) is 7.16. The second kappa shape index (κ2) is 5.53. The Morgan fingerprint density at radius 3 is 2.89 bits per heavy atom. The molecule has 3 rings (SSSR count). The molecule has 2 atom stereocenters. The largest absolute Gasteiger partial charge is 0.369 e. The normalized spacial score (nSPS) is 23.4. The minimum Gasteiger partial charge on any atom is -0.369 e. The highest BCUT2D eigenvalue weighted by Gasteiger charge is 2.21.